The highest BCUT2D eigenvalue weighted by molar-refractivity contribution is 7.19. The number of nitrogens with two attached hydrogens (primary N) is 1. The van der Waals surface area contributed by atoms with Crippen LogP contribution in [0, 0.1) is 11.7 Å². The first-order chi connectivity index (χ1) is 12.1. The molecule has 2 rings (SSSR count). The van der Waals surface area contributed by atoms with Crippen molar-refractivity contribution in [2.24, 2.45) is 11.7 Å². The Bertz CT molecular complexity index is 803. The summed E-state index contributed by atoms with van der Waals surface area (Å²) < 4.78 is 19.7. The van der Waals surface area contributed by atoms with Crippen molar-refractivity contribution >= 4 is 33.4 Å². The third-order valence-electron chi connectivity index (χ3n) is 4.10. The second-order valence-corrected chi connectivity index (χ2v) is 8.05. The van der Waals surface area contributed by atoms with Crippen LogP contribution in [-0.4, -0.2) is 29.0 Å². The average Bonchev–Trinajstić information content (AvgIpc) is 2.93. The summed E-state index contributed by atoms with van der Waals surface area (Å²) in [6, 6.07) is 5.14. The molecule has 0 spiro atoms. The summed E-state index contributed by atoms with van der Waals surface area (Å²) in [5.74, 6) is -1.08. The molecule has 142 valence electrons. The second-order valence-electron chi connectivity index (χ2n) is 6.94. The van der Waals surface area contributed by atoms with Crippen molar-refractivity contribution in [1.82, 2.24) is 4.90 Å². The Balaban J connectivity index is 2.47. The lowest BCUT2D eigenvalue weighted by Gasteiger charge is -2.36. The highest BCUT2D eigenvalue weighted by Gasteiger charge is 2.37. The normalized spacial score (nSPS) is 13.8. The number of fused-ring (bicyclic) bond motifs is 1. The summed E-state index contributed by atoms with van der Waals surface area (Å²) in [5.41, 5.74) is 5.58. The van der Waals surface area contributed by atoms with Gasteiger partial charge in [-0.05, 0) is 56.3 Å². The highest BCUT2D eigenvalue weighted by Crippen LogP contribution is 2.35. The topological polar surface area (TPSA) is 72.6 Å². The van der Waals surface area contributed by atoms with Gasteiger partial charge >= 0.3 is 6.09 Å². The predicted octanol–water partition coefficient (Wildman–Crippen LogP) is 4.46. The fourth-order valence-electron chi connectivity index (χ4n) is 2.94. The molecule has 5 nitrogen and oxygen atoms in total. The van der Waals surface area contributed by atoms with Gasteiger partial charge in [-0.3, -0.25) is 9.69 Å². The number of primary amides is 1. The van der Waals surface area contributed by atoms with Crippen LogP contribution in [-0.2, 0) is 9.53 Å². The Morgan fingerprint density at radius 3 is 2.35 bits per heavy atom. The fourth-order valence-corrected chi connectivity index (χ4v) is 4.04. The van der Waals surface area contributed by atoms with Crippen LogP contribution in [0.3, 0.4) is 0 Å². The molecule has 2 atom stereocenters. The SMILES string of the molecule is CC(C)OC(=O)N(C(C)c1cc2cc(F)ccc2s1)[C@H](C(N)=O)C(C)C. The average molecular weight is 380 g/mol. The quantitative estimate of drug-likeness (QED) is 0.804. The van der Waals surface area contributed by atoms with Crippen LogP contribution in [0.15, 0.2) is 24.3 Å². The third-order valence-corrected chi connectivity index (χ3v) is 5.38. The zero-order chi connectivity index (χ0) is 19.6. The van der Waals surface area contributed by atoms with E-state index in [4.69, 9.17) is 10.5 Å². The number of thiophene rings is 1. The number of carbonyl (C=O) groups is 2. The number of hydrogen-bond donors (Lipinski definition) is 1. The van der Waals surface area contributed by atoms with E-state index in [-0.39, 0.29) is 17.8 Å². The molecule has 2 aromatic rings. The van der Waals surface area contributed by atoms with Gasteiger partial charge in [-0.25, -0.2) is 9.18 Å². The van der Waals surface area contributed by atoms with Gasteiger partial charge in [-0.15, -0.1) is 11.3 Å². The standard InChI is InChI=1S/C19H25FN2O3S/c1-10(2)17(18(21)23)22(19(24)25-11(3)4)12(5)16-9-13-8-14(20)6-7-15(13)26-16/h6-12,17H,1-5H3,(H2,21,23)/t12?,17-/m0/s1. The molecule has 7 heteroatoms. The Hall–Kier alpha value is -2.15. The van der Waals surface area contributed by atoms with E-state index in [2.05, 4.69) is 0 Å². The van der Waals surface area contributed by atoms with Crippen LogP contribution in [0.25, 0.3) is 10.1 Å². The van der Waals surface area contributed by atoms with Crippen molar-refractivity contribution in [3.05, 3.63) is 35.0 Å². The smallest absolute Gasteiger partial charge is 0.411 e. The van der Waals surface area contributed by atoms with Crippen molar-refractivity contribution in [2.45, 2.75) is 52.8 Å². The number of nitrogens with zero attached hydrogens (tertiary/aromatic N) is 1. The minimum Gasteiger partial charge on any atom is -0.447 e. The molecule has 26 heavy (non-hydrogen) atoms. The molecule has 0 bridgehead atoms. The van der Waals surface area contributed by atoms with Crippen LogP contribution < -0.4 is 5.73 Å². The molecule has 0 fully saturated rings. The molecule has 1 aromatic heterocycles. The zero-order valence-corrected chi connectivity index (χ0v) is 16.5. The number of rotatable bonds is 6. The third kappa shape index (κ3) is 4.33. The number of halogens is 1. The van der Waals surface area contributed by atoms with Gasteiger partial charge in [0.15, 0.2) is 0 Å². The fraction of sp³-hybridized carbons (Fsp3) is 0.474. The summed E-state index contributed by atoms with van der Waals surface area (Å²) in [7, 11) is 0. The van der Waals surface area contributed by atoms with Crippen LogP contribution in [0.4, 0.5) is 9.18 Å². The molecule has 0 aliphatic rings. The van der Waals surface area contributed by atoms with Gasteiger partial charge in [0.25, 0.3) is 0 Å². The molecular formula is C19H25FN2O3S. The molecule has 0 radical (unpaired) electrons. The van der Waals surface area contributed by atoms with Crippen molar-refractivity contribution < 1.29 is 18.7 Å². The van der Waals surface area contributed by atoms with Crippen molar-refractivity contribution in [3.63, 3.8) is 0 Å². The minimum atomic E-state index is -0.807. The lowest BCUT2D eigenvalue weighted by molar-refractivity contribution is -0.125. The van der Waals surface area contributed by atoms with E-state index in [1.807, 2.05) is 26.8 Å². The van der Waals surface area contributed by atoms with Crippen LogP contribution in [0.2, 0.25) is 0 Å². The number of ether oxygens (including phenoxy) is 1. The van der Waals surface area contributed by atoms with E-state index in [1.165, 1.54) is 28.4 Å². The minimum absolute atomic E-state index is 0.179. The van der Waals surface area contributed by atoms with E-state index in [0.29, 0.717) is 0 Å². The first-order valence-corrected chi connectivity index (χ1v) is 9.40. The maximum absolute atomic E-state index is 13.5. The molecule has 1 unspecified atom stereocenters. The molecule has 1 aromatic carbocycles. The van der Waals surface area contributed by atoms with E-state index >= 15 is 0 Å². The highest BCUT2D eigenvalue weighted by atomic mass is 32.1. The molecule has 2 amide bonds. The van der Waals surface area contributed by atoms with E-state index < -0.39 is 24.1 Å². The lowest BCUT2D eigenvalue weighted by Crippen LogP contribution is -2.52. The first kappa shape index (κ1) is 20.2. The summed E-state index contributed by atoms with van der Waals surface area (Å²) >= 11 is 1.45. The molecular weight excluding hydrogens is 355 g/mol. The van der Waals surface area contributed by atoms with Gasteiger partial charge in [0.1, 0.15) is 11.9 Å². The number of hydrogen-bond acceptors (Lipinski definition) is 4. The zero-order valence-electron chi connectivity index (χ0n) is 15.7. The number of carbonyl (C=O) groups excluding carboxylic acids is 2. The number of benzene rings is 1. The first-order valence-electron chi connectivity index (χ1n) is 8.59. The maximum Gasteiger partial charge on any atom is 0.411 e. The summed E-state index contributed by atoms with van der Waals surface area (Å²) in [6.45, 7) is 8.98. The van der Waals surface area contributed by atoms with E-state index in [9.17, 15) is 14.0 Å². The van der Waals surface area contributed by atoms with Gasteiger partial charge in [-0.2, -0.15) is 0 Å². The number of amides is 2. The Morgan fingerprint density at radius 2 is 1.81 bits per heavy atom. The Morgan fingerprint density at radius 1 is 1.15 bits per heavy atom. The lowest BCUT2D eigenvalue weighted by atomic mass is 10.00. The predicted molar refractivity (Wildman–Crippen MR) is 101 cm³/mol. The van der Waals surface area contributed by atoms with E-state index in [0.717, 1.165) is 15.0 Å². The van der Waals surface area contributed by atoms with Gasteiger partial charge in [-0.1, -0.05) is 13.8 Å². The molecule has 0 saturated heterocycles. The van der Waals surface area contributed by atoms with Gasteiger partial charge in [0.2, 0.25) is 5.91 Å². The van der Waals surface area contributed by atoms with Gasteiger partial charge < -0.3 is 10.5 Å². The van der Waals surface area contributed by atoms with Gasteiger partial charge in [0, 0.05) is 9.58 Å². The summed E-state index contributed by atoms with van der Waals surface area (Å²) in [5, 5.41) is 0.759. The molecule has 0 aliphatic heterocycles. The van der Waals surface area contributed by atoms with Crippen LogP contribution in [0.1, 0.15) is 45.5 Å². The Kier molecular flexibility index (Phi) is 6.23. The summed E-state index contributed by atoms with van der Waals surface area (Å²) in [4.78, 5) is 27.0. The van der Waals surface area contributed by atoms with Crippen molar-refractivity contribution in [3.8, 4) is 0 Å². The van der Waals surface area contributed by atoms with Crippen molar-refractivity contribution in [1.29, 1.82) is 0 Å². The van der Waals surface area contributed by atoms with Crippen LogP contribution >= 0.6 is 11.3 Å². The van der Waals surface area contributed by atoms with Gasteiger partial charge in [0.05, 0.1) is 12.1 Å². The second kappa shape index (κ2) is 8.03. The molecule has 1 heterocycles. The monoisotopic (exact) mass is 380 g/mol. The summed E-state index contributed by atoms with van der Waals surface area (Å²) in [6.07, 6.45) is -0.914. The van der Waals surface area contributed by atoms with Crippen LogP contribution in [0.5, 0.6) is 0 Å². The Labute approximate surface area is 156 Å². The van der Waals surface area contributed by atoms with E-state index in [1.54, 1.807) is 19.9 Å². The molecule has 2 N–H and O–H groups in total. The molecule has 0 saturated carbocycles. The molecule has 0 aliphatic carbocycles. The largest absolute Gasteiger partial charge is 0.447 e. The van der Waals surface area contributed by atoms with Crippen molar-refractivity contribution in [2.75, 3.05) is 0 Å². The maximum atomic E-state index is 13.5.